The van der Waals surface area contributed by atoms with Crippen molar-refractivity contribution in [3.63, 3.8) is 0 Å². The molecule has 1 aliphatic carbocycles. The molecule has 4 rings (SSSR count). The summed E-state index contributed by atoms with van der Waals surface area (Å²) in [6, 6.07) is 6.79. The second-order valence-electron chi connectivity index (χ2n) is 11.5. The van der Waals surface area contributed by atoms with Gasteiger partial charge in [0.05, 0.1) is 64.3 Å². The van der Waals surface area contributed by atoms with E-state index in [0.717, 1.165) is 18.2 Å². The topological polar surface area (TPSA) is 391 Å². The number of nitroso groups, excluding NO2 is 1. The van der Waals surface area contributed by atoms with Crippen LogP contribution in [0.15, 0.2) is 106 Å². The summed E-state index contributed by atoms with van der Waals surface area (Å²) in [6.45, 7) is -2.26. The van der Waals surface area contributed by atoms with Gasteiger partial charge in [0, 0.05) is 6.07 Å². The number of hydrogen-bond acceptors (Lipinski definition) is 23. The summed E-state index contributed by atoms with van der Waals surface area (Å²) in [4.78, 5) is 48.6. The van der Waals surface area contributed by atoms with Crippen molar-refractivity contribution in [2.75, 3.05) is 54.7 Å². The predicted octanol–water partition coefficient (Wildman–Crippen LogP) is -0.286. The van der Waals surface area contributed by atoms with Gasteiger partial charge in [-0.3, -0.25) is 29.5 Å². The SMILES string of the molecule is COc1ccc(S(=O)(=O)CCOS(=O)(=O)O)cc1NN=c1c(=O)cc(C(=O)O)c(=NNc2ccc(N=NC3C=CC(S(=O)(=O)CCOS(=O)(=O)O)=C3)c(NCN=O)c2)c1=O. The minimum Gasteiger partial charge on any atom is -0.495 e. The summed E-state index contributed by atoms with van der Waals surface area (Å²) in [6.07, 6.45) is 3.74. The Morgan fingerprint density at radius 2 is 1.47 bits per heavy atom. The van der Waals surface area contributed by atoms with Gasteiger partial charge in [0.15, 0.2) is 25.0 Å². The van der Waals surface area contributed by atoms with Crippen LogP contribution in [0.25, 0.3) is 0 Å². The van der Waals surface area contributed by atoms with Crippen molar-refractivity contribution in [1.82, 2.24) is 0 Å². The van der Waals surface area contributed by atoms with Crippen molar-refractivity contribution in [2.24, 2.45) is 25.6 Å². The number of benzene rings is 3. The number of allylic oxidation sites excluding steroid dienone is 1. The third-order valence-electron chi connectivity index (χ3n) is 7.49. The van der Waals surface area contributed by atoms with E-state index in [9.17, 15) is 58.1 Å². The number of aromatic carboxylic acids is 1. The Morgan fingerprint density at radius 3 is 2.08 bits per heavy atom. The first-order chi connectivity index (χ1) is 28.0. The highest BCUT2D eigenvalue weighted by Crippen LogP contribution is 2.31. The fourth-order valence-corrected chi connectivity index (χ4v) is 7.85. The van der Waals surface area contributed by atoms with Crippen LogP contribution in [0.1, 0.15) is 10.4 Å². The number of azo groups is 1. The Balaban J connectivity index is 1.64. The summed E-state index contributed by atoms with van der Waals surface area (Å²) >= 11 is 0. The van der Waals surface area contributed by atoms with E-state index in [4.69, 9.17) is 13.8 Å². The molecule has 0 saturated carbocycles. The van der Waals surface area contributed by atoms with Gasteiger partial charge in [-0.1, -0.05) is 6.08 Å². The predicted molar refractivity (Wildman–Crippen MR) is 207 cm³/mol. The van der Waals surface area contributed by atoms with E-state index in [1.807, 2.05) is 0 Å². The smallest absolute Gasteiger partial charge is 0.397 e. The molecule has 0 saturated heterocycles. The van der Waals surface area contributed by atoms with Crippen molar-refractivity contribution < 1.29 is 65.8 Å². The zero-order valence-corrected chi connectivity index (χ0v) is 33.5. The number of ether oxygens (including phenoxy) is 1. The summed E-state index contributed by atoms with van der Waals surface area (Å²) in [5, 5.41) is 29.1. The number of methoxy groups -OCH3 is 1. The minimum absolute atomic E-state index is 0.0476. The molecular formula is C30H30N8O18S4. The van der Waals surface area contributed by atoms with Gasteiger partial charge in [0.2, 0.25) is 10.9 Å². The van der Waals surface area contributed by atoms with E-state index in [-0.39, 0.29) is 33.4 Å². The zero-order valence-electron chi connectivity index (χ0n) is 30.2. The lowest BCUT2D eigenvalue weighted by Gasteiger charge is -2.10. The minimum atomic E-state index is -4.93. The zero-order chi connectivity index (χ0) is 44.5. The molecule has 0 aliphatic heterocycles. The maximum atomic E-state index is 13.5. The van der Waals surface area contributed by atoms with Gasteiger partial charge in [-0.15, -0.1) is 4.91 Å². The summed E-state index contributed by atoms with van der Waals surface area (Å²) in [7, 11) is -16.9. The number of carbonyl (C=O) groups is 1. The lowest BCUT2D eigenvalue weighted by atomic mass is 10.2. The number of carboxylic acid groups (broad SMARTS) is 1. The molecule has 30 heteroatoms. The second-order valence-corrected chi connectivity index (χ2v) is 17.9. The third-order valence-corrected chi connectivity index (χ3v) is 11.8. The van der Waals surface area contributed by atoms with Gasteiger partial charge in [0.25, 0.3) is 0 Å². The highest BCUT2D eigenvalue weighted by molar-refractivity contribution is 7.95. The molecule has 3 aromatic carbocycles. The molecular weight excluding hydrogens is 889 g/mol. The Bertz CT molecular complexity index is 2960. The normalized spacial score (nSPS) is 15.2. The Morgan fingerprint density at radius 1 is 0.817 bits per heavy atom. The summed E-state index contributed by atoms with van der Waals surface area (Å²) in [5.41, 5.74) is 1.43. The summed E-state index contributed by atoms with van der Waals surface area (Å²) in [5.74, 6) is -3.45. The van der Waals surface area contributed by atoms with Crippen LogP contribution in [0.2, 0.25) is 0 Å². The molecule has 0 heterocycles. The maximum absolute atomic E-state index is 13.5. The number of hydrogen-bond donors (Lipinski definition) is 6. The molecule has 1 unspecified atom stereocenters. The average molecular weight is 919 g/mol. The van der Waals surface area contributed by atoms with Crippen LogP contribution in [0, 0.1) is 4.91 Å². The maximum Gasteiger partial charge on any atom is 0.397 e. The molecule has 0 radical (unpaired) electrons. The van der Waals surface area contributed by atoms with Crippen molar-refractivity contribution in [1.29, 1.82) is 0 Å². The lowest BCUT2D eigenvalue weighted by molar-refractivity contribution is 0.0694. The van der Waals surface area contributed by atoms with Crippen LogP contribution < -0.4 is 42.5 Å². The quantitative estimate of drug-likeness (QED) is 0.0346. The van der Waals surface area contributed by atoms with Crippen molar-refractivity contribution in [2.45, 2.75) is 10.9 Å². The summed E-state index contributed by atoms with van der Waals surface area (Å²) < 4.78 is 124. The monoisotopic (exact) mass is 918 g/mol. The molecule has 0 amide bonds. The first-order valence-electron chi connectivity index (χ1n) is 16.1. The van der Waals surface area contributed by atoms with Gasteiger partial charge in [0.1, 0.15) is 29.5 Å². The molecule has 1 aliphatic rings. The number of nitrogens with zero attached hydrogens (tertiary/aromatic N) is 5. The fraction of sp³-hybridized carbons (Fsp3) is 0.233. The van der Waals surface area contributed by atoms with E-state index >= 15 is 0 Å². The Labute approximate surface area is 338 Å². The van der Waals surface area contributed by atoms with Gasteiger partial charge < -0.3 is 15.2 Å². The van der Waals surface area contributed by atoms with Gasteiger partial charge in [-0.05, 0) is 53.7 Å². The van der Waals surface area contributed by atoms with Crippen molar-refractivity contribution in [3.8, 4) is 5.75 Å². The van der Waals surface area contributed by atoms with Crippen LogP contribution in [0.5, 0.6) is 5.75 Å². The third kappa shape index (κ3) is 12.9. The highest BCUT2D eigenvalue weighted by Gasteiger charge is 2.23. The van der Waals surface area contributed by atoms with Crippen LogP contribution in [0.3, 0.4) is 0 Å². The molecule has 3 aromatic rings. The highest BCUT2D eigenvalue weighted by atomic mass is 32.3. The molecule has 1 atom stereocenters. The number of anilines is 3. The van der Waals surface area contributed by atoms with Crippen LogP contribution in [-0.2, 0) is 48.8 Å². The molecule has 26 nitrogen and oxygen atoms in total. The van der Waals surface area contributed by atoms with Crippen LogP contribution in [-0.4, -0.2) is 98.4 Å². The van der Waals surface area contributed by atoms with Crippen LogP contribution in [0.4, 0.5) is 22.7 Å². The number of carboxylic acids is 1. The van der Waals surface area contributed by atoms with Crippen molar-refractivity contribution >= 4 is 69.2 Å². The largest absolute Gasteiger partial charge is 0.495 e. The number of nitrogens with one attached hydrogen (secondary N) is 3. The standard InChI is InChI=1S/C30H30N8O18S4/c1-54-26-7-5-20(58(46,47)11-9-56-60(51,52)53)14-24(26)36-38-28-25(39)15-21(30(41)42)27(29(28)40)37-34-18-3-6-22(23(13-18)31-16-32-43)35-33-17-2-4-19(12-17)57(44,45)10-8-55-59(48,49)50/h2-7,12-15,17,31,34,36H,8-11,16H2,1H3,(H,41,42)(H,48,49,50)(H,51,52,53). The van der Waals surface area contributed by atoms with Crippen LogP contribution >= 0.6 is 0 Å². The molecule has 0 fully saturated rings. The van der Waals surface area contributed by atoms with Crippen molar-refractivity contribution in [3.05, 3.63) is 107 Å². The van der Waals surface area contributed by atoms with E-state index in [1.54, 1.807) is 0 Å². The Hall–Kier alpha value is -6.15. The average Bonchev–Trinajstić information content (AvgIpc) is 3.65. The molecule has 0 spiro atoms. The molecule has 322 valence electrons. The Kier molecular flexibility index (Phi) is 15.0. The number of rotatable bonds is 21. The molecule has 0 bridgehead atoms. The molecule has 60 heavy (non-hydrogen) atoms. The molecule has 6 N–H and O–H groups in total. The molecule has 0 aromatic heterocycles. The first-order valence-corrected chi connectivity index (χ1v) is 22.1. The second kappa shape index (κ2) is 19.3. The van der Waals surface area contributed by atoms with E-state index < -0.39 is 116 Å². The van der Waals surface area contributed by atoms with E-state index in [1.165, 1.54) is 43.5 Å². The van der Waals surface area contributed by atoms with Gasteiger partial charge >= 0.3 is 26.8 Å². The van der Waals surface area contributed by atoms with Gasteiger partial charge in [-0.25, -0.2) is 30.0 Å². The first kappa shape index (κ1) is 46.5. The lowest BCUT2D eigenvalue weighted by Crippen LogP contribution is -2.50. The van der Waals surface area contributed by atoms with E-state index in [0.29, 0.717) is 6.07 Å². The fourth-order valence-electron chi connectivity index (χ4n) is 4.77. The number of sulfone groups is 2. The van der Waals surface area contributed by atoms with E-state index in [2.05, 4.69) is 50.1 Å². The van der Waals surface area contributed by atoms with Gasteiger partial charge in [-0.2, -0.15) is 37.3 Å².